The summed E-state index contributed by atoms with van der Waals surface area (Å²) in [6.07, 6.45) is 33.2. The largest absolute Gasteiger partial charge is 3.00 e. The van der Waals surface area contributed by atoms with Gasteiger partial charge in [-0.2, -0.15) is 56.9 Å². The van der Waals surface area contributed by atoms with Crippen LogP contribution in [0.5, 0.6) is 0 Å². The van der Waals surface area contributed by atoms with Crippen molar-refractivity contribution in [1.82, 2.24) is 0 Å². The minimum atomic E-state index is -0.750. The summed E-state index contributed by atoms with van der Waals surface area (Å²) < 4.78 is 2.76. The molecule has 0 N–H and O–H groups in total. The molecule has 2 aromatic carbocycles. The summed E-state index contributed by atoms with van der Waals surface area (Å²) in [5, 5.41) is 91.9. The summed E-state index contributed by atoms with van der Waals surface area (Å²) in [5.74, 6) is 0. The molecule has 47 nitrogen and oxygen atoms in total. The van der Waals surface area contributed by atoms with Gasteiger partial charge in [-0.1, -0.05) is 230 Å². The average Bonchev–Trinajstić information content (AvgIpc) is 0.875. The van der Waals surface area contributed by atoms with Gasteiger partial charge in [0.2, 0.25) is 0 Å². The van der Waals surface area contributed by atoms with Crippen LogP contribution >= 0.6 is 69.6 Å². The summed E-state index contributed by atoms with van der Waals surface area (Å²) in [6.45, 7) is 45.1. The maximum absolute atomic E-state index is 10.1. The van der Waals surface area contributed by atoms with Crippen molar-refractivity contribution in [2.24, 2.45) is 10.2 Å². The molecule has 0 aliphatic rings. The molecule has 0 bridgehead atoms. The third-order valence-electron chi connectivity index (χ3n) is 14.2. The van der Waals surface area contributed by atoms with Crippen molar-refractivity contribution >= 4 is 92.4 Å². The van der Waals surface area contributed by atoms with Crippen molar-refractivity contribution in [2.45, 2.75) is 246 Å². The fraction of sp³-hybridized carbons (Fsp3) is 0.829. The van der Waals surface area contributed by atoms with Crippen molar-refractivity contribution in [2.75, 3.05) is 135 Å². The fourth-order valence-electron chi connectivity index (χ4n) is 9.22. The van der Waals surface area contributed by atoms with E-state index in [-0.39, 0.29) is 403 Å². The number of unbranched alkanes of at least 4 members (excludes halogenated alkanes) is 12. The first-order valence-corrected chi connectivity index (χ1v) is 37.1. The number of halogens is 6. The second kappa shape index (κ2) is 299. The maximum Gasteiger partial charge on any atom is 3.00 e. The molecule has 0 saturated heterocycles. The van der Waals surface area contributed by atoms with Crippen LogP contribution in [0.4, 0.5) is 22.7 Å². The monoisotopic (exact) mass is 3070 g/mol. The predicted molar refractivity (Wildman–Crippen MR) is 423 cm³/mol. The van der Waals surface area contributed by atoms with Crippen molar-refractivity contribution in [3.05, 3.63) is 79.8 Å². The van der Waals surface area contributed by atoms with E-state index in [1.807, 2.05) is 0 Å². The normalized spacial score (nSPS) is 6.96. The van der Waals surface area contributed by atoms with Crippen LogP contribution in [0.2, 0.25) is 0 Å². The number of benzene rings is 2. The first-order chi connectivity index (χ1) is 46.7. The van der Waals surface area contributed by atoms with E-state index in [4.69, 9.17) is 122 Å². The minimum absolute atomic E-state index is 0. The Morgan fingerprint density at radius 1 is 0.231 bits per heavy atom. The summed E-state index contributed by atoms with van der Waals surface area (Å²) >= 11 is 28.8. The first-order valence-electron chi connectivity index (χ1n) is 34.5. The van der Waals surface area contributed by atoms with Gasteiger partial charge in [0, 0.05) is 246 Å². The Morgan fingerprint density at radius 3 is 0.358 bits per heavy atom. The minimum Gasteiger partial charge on any atom is -2.00 e. The second-order valence-electron chi connectivity index (χ2n) is 21.2. The van der Waals surface area contributed by atoms with Crippen LogP contribution < -0.4 is 40.9 Å². The Morgan fingerprint density at radius 2 is 0.306 bits per heavy atom. The molecule has 0 atom stereocenters. The van der Waals surface area contributed by atoms with Crippen LogP contribution in [0.1, 0.15) is 237 Å². The molecule has 0 spiro atoms. The summed E-state index contributed by atoms with van der Waals surface area (Å²) in [4.78, 5) is 19.2. The van der Waals surface area contributed by atoms with Gasteiger partial charge >= 0.3 is 38.2 Å². The van der Waals surface area contributed by atoms with Gasteiger partial charge in [-0.15, -0.1) is 0 Å². The molecule has 0 heterocycles. The van der Waals surface area contributed by atoms with Gasteiger partial charge in [-0.25, -0.2) is 0 Å². The number of nitro groups is 2. The molecule has 0 aliphatic heterocycles. The molecule has 1 radical (unpaired) electrons. The van der Waals surface area contributed by atoms with Crippen molar-refractivity contribution in [1.29, 1.82) is 0 Å². The summed E-state index contributed by atoms with van der Waals surface area (Å²) in [5.41, 5.74) is 17.0. The molecule has 0 saturated carbocycles. The van der Waals surface area contributed by atoms with E-state index >= 15 is 0 Å². The van der Waals surface area contributed by atoms with Gasteiger partial charge in [-0.05, 0) is 101 Å². The van der Waals surface area contributed by atoms with Gasteiger partial charge in [0.25, 0.3) is 11.4 Å². The van der Waals surface area contributed by atoms with Gasteiger partial charge in [0.1, 0.15) is 0 Å². The van der Waals surface area contributed by atoms with E-state index in [1.54, 1.807) is 0 Å². The molecule has 2 rings (SSSR count). The Labute approximate surface area is 1010 Å². The molecule has 2 aromatic rings. The van der Waals surface area contributed by atoms with Gasteiger partial charge < -0.3 is 218 Å². The van der Waals surface area contributed by atoms with Crippen LogP contribution in [0, 0.1) is 58.4 Å². The molecule has 863 valence electrons. The van der Waals surface area contributed by atoms with E-state index in [0.717, 1.165) is 56.9 Å². The van der Waals surface area contributed by atoms with E-state index in [1.165, 1.54) is 295 Å². The van der Waals surface area contributed by atoms with Crippen LogP contribution in [-0.2, 0) is 353 Å². The SMILES string of the molecule is CCCC[N+](CCCC)(CCCC)CCCC.CCCC[N+](CCCC)(CCCC)CCCC.CCCC[N+](CCCC)(CCCC)CCCC.C[O-].C[O-].C[O-].C[O-].C[O-].C[O-].C[O-].C[O-].ClC(Cl)Cl.ClC(Cl)Cl.[Dy+3].[Mo].[Mo].[Mo].[Mo].[Mo].[Mo].[Mo].[Mo].[Mo].[Mo].[N-]=Nc1ccc([N+](=O)[O-])cc1.[N-]=Nc1ccc([N+](=O)[O-])cc1.[O-2].[O-2].[O-2].[O-2].[O-2].[O-2].[O-2].[O-2].[O-2].[O-2].[O-2].[O-2].[O-2].[O-2].[O-2].[O-2].[O-2].[O-2].[O-2].[O-2].[O-2].[O-2].[O-2].[O-2].[O-2].[O-2]. The molecule has 0 fully saturated rings. The van der Waals surface area contributed by atoms with Crippen molar-refractivity contribution in [3.63, 3.8) is 0 Å². The van der Waals surface area contributed by atoms with Crippen LogP contribution in [0.3, 0.4) is 0 Å². The zero-order valence-corrected chi connectivity index (χ0v) is 106. The molecule has 0 unspecified atom stereocenters. The van der Waals surface area contributed by atoms with Crippen LogP contribution in [0.25, 0.3) is 11.1 Å². The van der Waals surface area contributed by atoms with Gasteiger partial charge in [-0.3, -0.25) is 20.2 Å². The second-order valence-corrected chi connectivity index (χ2v) is 25.2. The van der Waals surface area contributed by atoms with E-state index in [0.29, 0.717) is 11.4 Å². The quantitative estimate of drug-likeness (QED) is 0.0150. The Balaban J connectivity index is -0.0000000122. The molecule has 0 amide bonds. The number of hydrogen-bond acceptors (Lipinski definition) is 14. The summed E-state index contributed by atoms with van der Waals surface area (Å²) in [7, 11) is 6.00. The molecule has 0 aromatic heterocycles. The van der Waals surface area contributed by atoms with Crippen molar-refractivity contribution in [3.8, 4) is 0 Å². The number of nitro benzene ring substituents is 2. The molecule has 0 aliphatic carbocycles. The number of nitrogens with zero attached hydrogens (tertiary/aromatic N) is 9. The molecule has 64 heteroatoms. The average molecular weight is 3050 g/mol. The smallest absolute Gasteiger partial charge is 2.00 e. The maximum atomic E-state index is 10.1. The molecule has 134 heavy (non-hydrogen) atoms. The fourth-order valence-corrected chi connectivity index (χ4v) is 9.22. The van der Waals surface area contributed by atoms with E-state index in [2.05, 4.69) is 93.3 Å². The summed E-state index contributed by atoms with van der Waals surface area (Å²) in [6, 6.07) is 10.5. The molecular weight excluding hydrogens is 2910 g/mol. The topological polar surface area (TPSA) is 1080 Å². The number of non-ortho nitro benzene ring substituents is 2. The first kappa shape index (κ1) is 334. The third kappa shape index (κ3) is 269. The third-order valence-corrected chi connectivity index (χ3v) is 14.2. The predicted octanol–water partition coefficient (Wildman–Crippen LogP) is 12.2. The zero-order chi connectivity index (χ0) is 78.6. The number of rotatable bonds is 40. The Hall–Kier alpha value is 4.86. The van der Waals surface area contributed by atoms with Gasteiger partial charge in [0.05, 0.1) is 88.4 Å². The Kier molecular flexibility index (Phi) is 747. The number of hydrogen-bond donors (Lipinski definition) is 0. The number of alkyl halides is 6. The van der Waals surface area contributed by atoms with Crippen LogP contribution in [0.15, 0.2) is 58.8 Å². The van der Waals surface area contributed by atoms with Crippen molar-refractivity contribution < 1.29 is 455 Å². The zero-order valence-electron chi connectivity index (χ0n) is 79.4. The molecular formula is C70H142Cl6DyMo10N9O38-56. The van der Waals surface area contributed by atoms with Gasteiger partial charge in [0.15, 0.2) is 8.59 Å². The van der Waals surface area contributed by atoms with Crippen LogP contribution in [-0.4, -0.2) is 167 Å². The Bertz CT molecular complexity index is 1560. The number of quaternary nitrogens is 3. The standard InChI is InChI=1S/3C16H36N.2C6H4N3O2.2CHCl3.8CH3O.Dy.10Mo.26O/c3*1-5-9-13-17(14-10-6-2,15-11-7-3)16-12-8-4;2*7-8-5-1-3-6(4-2-5)9(10)11;2*2-1(3)4;8*1-2;;;;;;;;;;;;;;;;;;;;;;;;;;;;;;;;;;;;;/h3*5-16H2,1-4H3;2*1-4H;2*1H;8*1H3;;;;;;;;;;;;;;;;;;;;;;;;;;;;;;;;;;;;;/q3*+1;2*-1;;;8*-1;+3;;;;;;;;;;;26*-2. The van der Waals surface area contributed by atoms with E-state index < -0.39 is 18.4 Å². The van der Waals surface area contributed by atoms with E-state index in [9.17, 15) is 20.2 Å².